The van der Waals surface area contributed by atoms with Crippen molar-refractivity contribution in [1.29, 1.82) is 0 Å². The van der Waals surface area contributed by atoms with E-state index in [1.807, 2.05) is 30.3 Å². The number of hydrogen-bond donors (Lipinski definition) is 1. The summed E-state index contributed by atoms with van der Waals surface area (Å²) in [5.74, 6) is 1.25. The van der Waals surface area contributed by atoms with Crippen LogP contribution in [0.3, 0.4) is 0 Å². The van der Waals surface area contributed by atoms with E-state index in [0.717, 1.165) is 43.9 Å². The zero-order chi connectivity index (χ0) is 28.1. The number of halogens is 1. The van der Waals surface area contributed by atoms with Gasteiger partial charge in [-0.15, -0.1) is 0 Å². The summed E-state index contributed by atoms with van der Waals surface area (Å²) in [4.78, 5) is 34.6. The highest BCUT2D eigenvalue weighted by Crippen LogP contribution is 2.42. The number of fused-ring (bicyclic) bond motifs is 2. The van der Waals surface area contributed by atoms with Crippen molar-refractivity contribution < 1.29 is 9.15 Å². The zero-order valence-electron chi connectivity index (χ0n) is 22.4. The number of aromatic nitrogens is 5. The minimum Gasteiger partial charge on any atom is -0.439 e. The van der Waals surface area contributed by atoms with Crippen LogP contribution in [-0.2, 0) is 11.3 Å². The molecule has 12 heteroatoms. The maximum atomic E-state index is 13.4. The highest BCUT2D eigenvalue weighted by molar-refractivity contribution is 7.99. The van der Waals surface area contributed by atoms with Gasteiger partial charge in [0.15, 0.2) is 5.58 Å². The molecule has 0 saturated carbocycles. The Hall–Kier alpha value is -3.51. The van der Waals surface area contributed by atoms with Gasteiger partial charge in [0.25, 0.3) is 5.56 Å². The molecule has 2 N–H and O–H groups in total. The smallest absolute Gasteiger partial charge is 0.263 e. The molecular weight excluding hydrogens is 562 g/mol. The zero-order valence-corrected chi connectivity index (χ0v) is 23.9. The maximum absolute atomic E-state index is 13.4. The quantitative estimate of drug-likeness (QED) is 0.313. The van der Waals surface area contributed by atoms with Crippen molar-refractivity contribution in [1.82, 2.24) is 24.5 Å². The van der Waals surface area contributed by atoms with Gasteiger partial charge in [-0.1, -0.05) is 35.5 Å². The molecule has 2 aromatic carbocycles. The van der Waals surface area contributed by atoms with E-state index in [1.165, 1.54) is 22.7 Å². The Morgan fingerprint density at radius 1 is 1.10 bits per heavy atom. The van der Waals surface area contributed by atoms with E-state index in [-0.39, 0.29) is 29.7 Å². The lowest BCUT2D eigenvalue weighted by Crippen LogP contribution is -2.50. The highest BCUT2D eigenvalue weighted by Gasteiger charge is 2.47. The summed E-state index contributed by atoms with van der Waals surface area (Å²) in [5, 5.41) is 1.35. The van der Waals surface area contributed by atoms with E-state index in [2.05, 4.69) is 31.8 Å². The second-order valence-corrected chi connectivity index (χ2v) is 12.2. The van der Waals surface area contributed by atoms with Crippen molar-refractivity contribution in [3.05, 3.63) is 76.4 Å². The Kier molecular flexibility index (Phi) is 6.69. The lowest BCUT2D eigenvalue weighted by molar-refractivity contribution is 0.0974. The molecular formula is C29H28ClN7O3S. The summed E-state index contributed by atoms with van der Waals surface area (Å²) in [6, 6.07) is 11.2. The van der Waals surface area contributed by atoms with Crippen LogP contribution in [0.15, 0.2) is 74.3 Å². The molecule has 210 valence electrons. The Bertz CT molecular complexity index is 1770. The molecule has 2 fully saturated rings. The van der Waals surface area contributed by atoms with Crippen LogP contribution in [0.4, 0.5) is 5.82 Å². The third kappa shape index (κ3) is 4.76. The molecule has 10 nitrogen and oxygen atoms in total. The highest BCUT2D eigenvalue weighted by atomic mass is 35.5. The molecule has 0 amide bonds. The number of nitrogens with two attached hydrogens (primary N) is 1. The van der Waals surface area contributed by atoms with E-state index >= 15 is 0 Å². The summed E-state index contributed by atoms with van der Waals surface area (Å²) in [7, 11) is 0. The molecule has 2 saturated heterocycles. The minimum atomic E-state index is -0.268. The number of hydrogen-bond acceptors (Lipinski definition) is 10. The lowest BCUT2D eigenvalue weighted by atomic mass is 9.73. The van der Waals surface area contributed by atoms with E-state index in [9.17, 15) is 4.79 Å². The molecule has 3 aromatic heterocycles. The molecule has 0 radical (unpaired) electrons. The average molecular weight is 590 g/mol. The van der Waals surface area contributed by atoms with Crippen LogP contribution < -0.4 is 16.2 Å². The van der Waals surface area contributed by atoms with Gasteiger partial charge in [0.1, 0.15) is 22.9 Å². The number of benzene rings is 2. The van der Waals surface area contributed by atoms with Crippen LogP contribution in [0.5, 0.6) is 0 Å². The van der Waals surface area contributed by atoms with Gasteiger partial charge in [-0.25, -0.2) is 19.9 Å². The Morgan fingerprint density at radius 2 is 1.93 bits per heavy atom. The fraction of sp³-hybridized carbons (Fsp3) is 0.345. The van der Waals surface area contributed by atoms with E-state index in [0.29, 0.717) is 37.3 Å². The van der Waals surface area contributed by atoms with Gasteiger partial charge in [-0.3, -0.25) is 9.36 Å². The Balaban J connectivity index is 1.08. The van der Waals surface area contributed by atoms with Crippen LogP contribution in [0.2, 0.25) is 5.02 Å². The molecule has 0 aliphatic carbocycles. The van der Waals surface area contributed by atoms with Crippen LogP contribution in [0.1, 0.15) is 25.7 Å². The van der Waals surface area contributed by atoms with E-state index < -0.39 is 0 Å². The number of nitrogens with zero attached hydrogens (tertiary/aromatic N) is 6. The SMILES string of the molecule is C[C@@H]1OCC2(CCN(c3cnc(Sc4ccc5ncn(Cc6nc7ccccc7o6)c(=O)c5c4Cl)cn3)CC2)[C@@H]1N. The van der Waals surface area contributed by atoms with Crippen LogP contribution >= 0.6 is 23.4 Å². The maximum Gasteiger partial charge on any atom is 0.263 e. The van der Waals surface area contributed by atoms with Gasteiger partial charge in [0.2, 0.25) is 5.89 Å². The molecule has 2 atom stereocenters. The second-order valence-electron chi connectivity index (χ2n) is 10.7. The van der Waals surface area contributed by atoms with Crippen molar-refractivity contribution in [2.45, 2.75) is 48.4 Å². The summed E-state index contributed by atoms with van der Waals surface area (Å²) < 4.78 is 13.1. The van der Waals surface area contributed by atoms with Gasteiger partial charge < -0.3 is 19.8 Å². The number of oxazole rings is 1. The van der Waals surface area contributed by atoms with Crippen LogP contribution in [0.25, 0.3) is 22.0 Å². The summed E-state index contributed by atoms with van der Waals surface area (Å²) in [6.45, 7) is 4.66. The van der Waals surface area contributed by atoms with Crippen molar-refractivity contribution in [3.63, 3.8) is 0 Å². The lowest BCUT2D eigenvalue weighted by Gasteiger charge is -2.41. The van der Waals surface area contributed by atoms with Gasteiger partial charge in [-0.05, 0) is 44.0 Å². The number of ether oxygens (including phenoxy) is 1. The third-order valence-corrected chi connectivity index (χ3v) is 9.78. The van der Waals surface area contributed by atoms with Crippen molar-refractivity contribution in [2.24, 2.45) is 11.1 Å². The number of para-hydroxylation sites is 2. The summed E-state index contributed by atoms with van der Waals surface area (Å²) >= 11 is 8.14. The van der Waals surface area contributed by atoms with Gasteiger partial charge in [0, 0.05) is 29.4 Å². The second kappa shape index (κ2) is 10.4. The molecule has 41 heavy (non-hydrogen) atoms. The molecule has 0 bridgehead atoms. The molecule has 2 aliphatic rings. The fourth-order valence-corrected chi connectivity index (χ4v) is 6.92. The predicted octanol–water partition coefficient (Wildman–Crippen LogP) is 4.51. The van der Waals surface area contributed by atoms with Crippen LogP contribution in [-0.4, -0.2) is 56.3 Å². The average Bonchev–Trinajstić information content (AvgIpc) is 3.53. The van der Waals surface area contributed by atoms with Crippen molar-refractivity contribution in [2.75, 3.05) is 24.6 Å². The molecule has 1 spiro atoms. The first-order chi connectivity index (χ1) is 19.9. The first kappa shape index (κ1) is 26.4. The van der Waals surface area contributed by atoms with Gasteiger partial charge in [-0.2, -0.15) is 0 Å². The number of piperidine rings is 1. The summed E-state index contributed by atoms with van der Waals surface area (Å²) in [5.41, 5.74) is 8.17. The topological polar surface area (TPSA) is 125 Å². The molecule has 5 heterocycles. The van der Waals surface area contributed by atoms with Gasteiger partial charge in [0.05, 0.1) is 47.4 Å². The summed E-state index contributed by atoms with van der Waals surface area (Å²) in [6.07, 6.45) is 7.07. The molecule has 0 unspecified atom stereocenters. The largest absolute Gasteiger partial charge is 0.439 e. The minimum absolute atomic E-state index is 0.0575. The van der Waals surface area contributed by atoms with Crippen LogP contribution in [0, 0.1) is 5.41 Å². The number of anilines is 1. The molecule has 5 aromatic rings. The normalized spacial score (nSPS) is 20.4. The van der Waals surface area contributed by atoms with Crippen molar-refractivity contribution in [3.8, 4) is 0 Å². The third-order valence-electron chi connectivity index (χ3n) is 8.30. The molecule has 2 aliphatic heterocycles. The predicted molar refractivity (Wildman–Crippen MR) is 158 cm³/mol. The monoisotopic (exact) mass is 589 g/mol. The van der Waals surface area contributed by atoms with E-state index in [4.69, 9.17) is 26.5 Å². The molecule has 7 rings (SSSR count). The first-order valence-corrected chi connectivity index (χ1v) is 14.7. The fourth-order valence-electron chi connectivity index (χ4n) is 5.80. The standard InChI is InChI=1S/C29H28ClN7O3S/c1-17-27(31)29(15-39-17)8-10-36(11-9-29)22-12-33-24(13-32-22)41-21-7-6-19-25(26(21)30)28(38)37(16-34-19)14-23-35-18-4-2-3-5-20(18)40-23/h2-7,12-13,16-17,27H,8-11,14-15,31H2,1H3/t17-,27+/m0/s1. The first-order valence-electron chi connectivity index (χ1n) is 13.5. The van der Waals surface area contributed by atoms with Crippen molar-refractivity contribution >= 4 is 51.2 Å². The number of rotatable bonds is 5. The Morgan fingerprint density at radius 3 is 2.66 bits per heavy atom. The van der Waals surface area contributed by atoms with Gasteiger partial charge >= 0.3 is 0 Å². The van der Waals surface area contributed by atoms with E-state index in [1.54, 1.807) is 18.5 Å². The Labute approximate surface area is 244 Å².